The van der Waals surface area contributed by atoms with E-state index in [0.29, 0.717) is 12.2 Å². The Hall–Kier alpha value is -2.08. The Morgan fingerprint density at radius 1 is 1.37 bits per heavy atom. The predicted octanol–water partition coefficient (Wildman–Crippen LogP) is 1.03. The molecule has 0 aliphatic carbocycles. The zero-order valence-corrected chi connectivity index (χ0v) is 10.3. The Kier molecular flexibility index (Phi) is 4.01. The lowest BCUT2D eigenvalue weighted by Gasteiger charge is -2.22. The van der Waals surface area contributed by atoms with Gasteiger partial charge in [0, 0.05) is 12.2 Å². The number of phenols is 1. The maximum absolute atomic E-state index is 12.0. The van der Waals surface area contributed by atoms with E-state index >= 15 is 0 Å². The molecule has 102 valence electrons. The molecule has 6 nitrogen and oxygen atoms in total. The van der Waals surface area contributed by atoms with Crippen molar-refractivity contribution < 1.29 is 19.8 Å². The van der Waals surface area contributed by atoms with Gasteiger partial charge in [0.15, 0.2) is 0 Å². The van der Waals surface area contributed by atoms with Crippen LogP contribution in [0.4, 0.5) is 5.69 Å². The van der Waals surface area contributed by atoms with Crippen molar-refractivity contribution in [2.75, 3.05) is 18.4 Å². The number of anilines is 1. The third-order valence-corrected chi connectivity index (χ3v) is 3.16. The number of carboxylic acids is 1. The lowest BCUT2D eigenvalue weighted by atomic mass is 9.98. The number of hydrogen-bond acceptors (Lipinski definition) is 4. The highest BCUT2D eigenvalue weighted by Crippen LogP contribution is 2.22. The van der Waals surface area contributed by atoms with Crippen molar-refractivity contribution in [3.05, 3.63) is 23.8 Å². The standard InChI is InChI=1S/C13H16N2O4/c16-11-4-3-9(6-10(11)13(18)19)15-12(17)8-2-1-5-14-7-8/h3-4,6,8,14,16H,1-2,5,7H2,(H,15,17)(H,18,19)/t8-/m0/s1. The topological polar surface area (TPSA) is 98.7 Å². The van der Waals surface area contributed by atoms with Crippen LogP contribution < -0.4 is 10.6 Å². The third kappa shape index (κ3) is 3.23. The van der Waals surface area contributed by atoms with Crippen molar-refractivity contribution in [1.29, 1.82) is 0 Å². The molecule has 1 aromatic rings. The number of rotatable bonds is 3. The highest BCUT2D eigenvalue weighted by atomic mass is 16.4. The maximum atomic E-state index is 12.0. The molecule has 0 aromatic heterocycles. The quantitative estimate of drug-likeness (QED) is 0.611. The SMILES string of the molecule is O=C(O)c1cc(NC(=O)[C@H]2CCCNC2)ccc1O. The van der Waals surface area contributed by atoms with E-state index in [0.717, 1.165) is 19.4 Å². The number of hydrogen-bond donors (Lipinski definition) is 4. The third-order valence-electron chi connectivity index (χ3n) is 3.16. The predicted molar refractivity (Wildman–Crippen MR) is 69.3 cm³/mol. The summed E-state index contributed by atoms with van der Waals surface area (Å²) in [6, 6.07) is 4.00. The van der Waals surface area contributed by atoms with Crippen LogP contribution in [-0.4, -0.2) is 35.2 Å². The molecule has 19 heavy (non-hydrogen) atoms. The van der Waals surface area contributed by atoms with Crippen molar-refractivity contribution in [3.8, 4) is 5.75 Å². The smallest absolute Gasteiger partial charge is 0.339 e. The molecule has 6 heteroatoms. The largest absolute Gasteiger partial charge is 0.507 e. The molecule has 4 N–H and O–H groups in total. The number of aromatic hydroxyl groups is 1. The fourth-order valence-corrected chi connectivity index (χ4v) is 2.11. The number of nitrogens with one attached hydrogen (secondary N) is 2. The van der Waals surface area contributed by atoms with E-state index in [1.54, 1.807) is 0 Å². The summed E-state index contributed by atoms with van der Waals surface area (Å²) < 4.78 is 0. The summed E-state index contributed by atoms with van der Waals surface area (Å²) in [6.07, 6.45) is 1.77. The highest BCUT2D eigenvalue weighted by molar-refractivity contribution is 5.96. The highest BCUT2D eigenvalue weighted by Gasteiger charge is 2.21. The Balaban J connectivity index is 2.08. The van der Waals surface area contributed by atoms with Gasteiger partial charge in [-0.15, -0.1) is 0 Å². The number of carbonyl (C=O) groups excluding carboxylic acids is 1. The summed E-state index contributed by atoms with van der Waals surface area (Å²) in [5, 5.41) is 24.1. The summed E-state index contributed by atoms with van der Waals surface area (Å²) in [4.78, 5) is 22.9. The van der Waals surface area contributed by atoms with Gasteiger partial charge < -0.3 is 20.8 Å². The lowest BCUT2D eigenvalue weighted by Crippen LogP contribution is -2.37. The van der Waals surface area contributed by atoms with Gasteiger partial charge in [-0.25, -0.2) is 4.79 Å². The lowest BCUT2D eigenvalue weighted by molar-refractivity contribution is -0.120. The van der Waals surface area contributed by atoms with Gasteiger partial charge in [0.2, 0.25) is 5.91 Å². The van der Waals surface area contributed by atoms with Gasteiger partial charge in [0.1, 0.15) is 11.3 Å². The van der Waals surface area contributed by atoms with E-state index in [4.69, 9.17) is 5.11 Å². The molecule has 0 saturated carbocycles. The minimum atomic E-state index is -1.23. The van der Waals surface area contributed by atoms with Gasteiger partial charge in [-0.1, -0.05) is 0 Å². The molecule has 1 amide bonds. The molecule has 0 radical (unpaired) electrons. The van der Waals surface area contributed by atoms with Crippen molar-refractivity contribution in [1.82, 2.24) is 5.32 Å². The zero-order chi connectivity index (χ0) is 13.8. The van der Waals surface area contributed by atoms with Crippen LogP contribution in [0.3, 0.4) is 0 Å². The molecule has 0 unspecified atom stereocenters. The van der Waals surface area contributed by atoms with Gasteiger partial charge in [-0.3, -0.25) is 4.79 Å². The van der Waals surface area contributed by atoms with E-state index in [-0.39, 0.29) is 23.1 Å². The fraction of sp³-hybridized carbons (Fsp3) is 0.385. The monoisotopic (exact) mass is 264 g/mol. The van der Waals surface area contributed by atoms with Crippen LogP contribution in [0.25, 0.3) is 0 Å². The molecule has 1 fully saturated rings. The van der Waals surface area contributed by atoms with Gasteiger partial charge in [0.25, 0.3) is 0 Å². The average Bonchev–Trinajstić information content (AvgIpc) is 2.41. The van der Waals surface area contributed by atoms with Gasteiger partial charge >= 0.3 is 5.97 Å². The Morgan fingerprint density at radius 3 is 2.79 bits per heavy atom. The van der Waals surface area contributed by atoms with Crippen LogP contribution in [0.5, 0.6) is 5.75 Å². The molecule has 0 spiro atoms. The molecule has 2 rings (SSSR count). The Bertz CT molecular complexity index is 495. The van der Waals surface area contributed by atoms with E-state index in [2.05, 4.69) is 10.6 Å². The van der Waals surface area contributed by atoms with E-state index in [1.807, 2.05) is 0 Å². The first-order chi connectivity index (χ1) is 9.08. The number of piperidine rings is 1. The minimum absolute atomic E-state index is 0.101. The number of aromatic carboxylic acids is 1. The van der Waals surface area contributed by atoms with E-state index < -0.39 is 5.97 Å². The van der Waals surface area contributed by atoms with Crippen LogP contribution in [-0.2, 0) is 4.79 Å². The van der Waals surface area contributed by atoms with E-state index in [1.165, 1.54) is 18.2 Å². The first-order valence-electron chi connectivity index (χ1n) is 6.16. The fourth-order valence-electron chi connectivity index (χ4n) is 2.11. The Labute approximate surface area is 110 Å². The van der Waals surface area contributed by atoms with Crippen LogP contribution in [0.15, 0.2) is 18.2 Å². The summed E-state index contributed by atoms with van der Waals surface area (Å²) >= 11 is 0. The number of carboxylic acid groups (broad SMARTS) is 1. The summed E-state index contributed by atoms with van der Waals surface area (Å²) in [5.41, 5.74) is 0.158. The normalized spacial score (nSPS) is 18.8. The van der Waals surface area contributed by atoms with Crippen molar-refractivity contribution >= 4 is 17.6 Å². The molecule has 0 bridgehead atoms. The molecule has 1 aliphatic rings. The molecule has 1 saturated heterocycles. The second-order valence-corrected chi connectivity index (χ2v) is 4.57. The first-order valence-corrected chi connectivity index (χ1v) is 6.16. The summed E-state index contributed by atoms with van der Waals surface area (Å²) in [6.45, 7) is 1.56. The second kappa shape index (κ2) is 5.71. The van der Waals surface area contributed by atoms with Crippen molar-refractivity contribution in [3.63, 3.8) is 0 Å². The molecule has 1 aliphatic heterocycles. The van der Waals surface area contributed by atoms with Gasteiger partial charge in [0.05, 0.1) is 5.92 Å². The summed E-state index contributed by atoms with van der Waals surface area (Å²) in [7, 11) is 0. The van der Waals surface area contributed by atoms with Crippen molar-refractivity contribution in [2.24, 2.45) is 5.92 Å². The minimum Gasteiger partial charge on any atom is -0.507 e. The van der Waals surface area contributed by atoms with Crippen LogP contribution in [0.1, 0.15) is 23.2 Å². The van der Waals surface area contributed by atoms with Crippen molar-refractivity contribution in [2.45, 2.75) is 12.8 Å². The van der Waals surface area contributed by atoms with Gasteiger partial charge in [-0.05, 0) is 37.6 Å². The maximum Gasteiger partial charge on any atom is 0.339 e. The number of amides is 1. The molecule has 1 heterocycles. The van der Waals surface area contributed by atoms with Crippen LogP contribution in [0, 0.1) is 5.92 Å². The molecule has 1 atom stereocenters. The number of carbonyl (C=O) groups is 2. The first kappa shape index (κ1) is 13.4. The van der Waals surface area contributed by atoms with Crippen LogP contribution in [0.2, 0.25) is 0 Å². The summed E-state index contributed by atoms with van der Waals surface area (Å²) in [5.74, 6) is -1.78. The molecular weight excluding hydrogens is 248 g/mol. The molecule has 1 aromatic carbocycles. The zero-order valence-electron chi connectivity index (χ0n) is 10.3. The second-order valence-electron chi connectivity index (χ2n) is 4.57. The number of benzene rings is 1. The van der Waals surface area contributed by atoms with Crippen LogP contribution >= 0.6 is 0 Å². The average molecular weight is 264 g/mol. The Morgan fingerprint density at radius 2 is 2.16 bits per heavy atom. The van der Waals surface area contributed by atoms with E-state index in [9.17, 15) is 14.7 Å². The molecular formula is C13H16N2O4. The van der Waals surface area contributed by atoms with Gasteiger partial charge in [-0.2, -0.15) is 0 Å².